The van der Waals surface area contributed by atoms with Gasteiger partial charge in [-0.1, -0.05) is 0 Å². The lowest BCUT2D eigenvalue weighted by molar-refractivity contribution is -0.141. The number of carboxylic acids is 1. The fourth-order valence-corrected chi connectivity index (χ4v) is 1.42. The summed E-state index contributed by atoms with van der Waals surface area (Å²) in [5.74, 6) is -4.68. The predicted molar refractivity (Wildman–Crippen MR) is 47.6 cm³/mol. The fourth-order valence-electron chi connectivity index (χ4n) is 1.42. The zero-order chi connectivity index (χ0) is 11.9. The summed E-state index contributed by atoms with van der Waals surface area (Å²) in [6.45, 7) is 1.16. The summed E-state index contributed by atoms with van der Waals surface area (Å²) in [5.41, 5.74) is -1.62. The van der Waals surface area contributed by atoms with Crippen LogP contribution in [0, 0.1) is 5.41 Å². The Morgan fingerprint density at radius 1 is 1.47 bits per heavy atom. The third kappa shape index (κ3) is 2.08. The second kappa shape index (κ2) is 3.43. The maximum atomic E-state index is 12.8. The molecule has 15 heavy (non-hydrogen) atoms. The van der Waals surface area contributed by atoms with E-state index in [1.165, 1.54) is 14.0 Å². The largest absolute Gasteiger partial charge is 0.481 e. The predicted octanol–water partition coefficient (Wildman–Crippen LogP) is 0.965. The van der Waals surface area contributed by atoms with Gasteiger partial charge >= 0.3 is 5.97 Å². The lowest BCUT2D eigenvalue weighted by Crippen LogP contribution is -2.36. The molecule has 6 heteroatoms. The van der Waals surface area contributed by atoms with E-state index in [9.17, 15) is 18.4 Å². The SMILES string of the molecule is CN(CCC(=O)O)C(=O)C1(C)CC1(F)F. The number of rotatable bonds is 4. The van der Waals surface area contributed by atoms with E-state index in [1.807, 2.05) is 0 Å². The molecule has 0 saturated heterocycles. The van der Waals surface area contributed by atoms with Gasteiger partial charge in [-0.15, -0.1) is 0 Å². The van der Waals surface area contributed by atoms with Gasteiger partial charge in [0.05, 0.1) is 6.42 Å². The van der Waals surface area contributed by atoms with Crippen molar-refractivity contribution in [2.75, 3.05) is 13.6 Å². The van der Waals surface area contributed by atoms with Crippen LogP contribution in [0.2, 0.25) is 0 Å². The van der Waals surface area contributed by atoms with E-state index in [4.69, 9.17) is 5.11 Å². The minimum atomic E-state index is -2.94. The Kier molecular flexibility index (Phi) is 2.71. The van der Waals surface area contributed by atoms with Gasteiger partial charge in [0.2, 0.25) is 5.91 Å². The summed E-state index contributed by atoms with van der Waals surface area (Å²) in [7, 11) is 1.34. The number of carbonyl (C=O) groups is 2. The zero-order valence-corrected chi connectivity index (χ0v) is 8.59. The Morgan fingerprint density at radius 2 is 1.93 bits per heavy atom. The fraction of sp³-hybridized carbons (Fsp3) is 0.778. The molecule has 1 aliphatic rings. The van der Waals surface area contributed by atoms with Gasteiger partial charge in [-0.3, -0.25) is 9.59 Å². The first kappa shape index (κ1) is 11.9. The summed E-state index contributed by atoms with van der Waals surface area (Å²) in [4.78, 5) is 22.8. The number of amides is 1. The van der Waals surface area contributed by atoms with Crippen molar-refractivity contribution in [2.24, 2.45) is 5.41 Å². The van der Waals surface area contributed by atoms with Gasteiger partial charge in [0.25, 0.3) is 5.92 Å². The Labute approximate surface area is 85.9 Å². The van der Waals surface area contributed by atoms with Gasteiger partial charge in [0.15, 0.2) is 0 Å². The molecule has 4 nitrogen and oxygen atoms in total. The Bertz CT molecular complexity index is 306. The Balaban J connectivity index is 2.52. The van der Waals surface area contributed by atoms with Crippen LogP contribution in [0.5, 0.6) is 0 Å². The van der Waals surface area contributed by atoms with Gasteiger partial charge in [-0.2, -0.15) is 0 Å². The normalized spacial score (nSPS) is 27.2. The van der Waals surface area contributed by atoms with Gasteiger partial charge in [-0.05, 0) is 6.92 Å². The lowest BCUT2D eigenvalue weighted by Gasteiger charge is -2.20. The first-order chi connectivity index (χ1) is 6.71. The standard InChI is InChI=1S/C9H13F2NO3/c1-8(5-9(8,10)11)7(15)12(2)4-3-6(13)14/h3-5H2,1-2H3,(H,13,14). The molecule has 0 spiro atoms. The van der Waals surface area contributed by atoms with Crippen LogP contribution in [0.15, 0.2) is 0 Å². The van der Waals surface area contributed by atoms with Crippen molar-refractivity contribution in [2.45, 2.75) is 25.7 Å². The van der Waals surface area contributed by atoms with Crippen LogP contribution >= 0.6 is 0 Å². The van der Waals surface area contributed by atoms with Crippen molar-refractivity contribution < 1.29 is 23.5 Å². The minimum absolute atomic E-state index is 0.0418. The molecule has 0 aromatic carbocycles. The van der Waals surface area contributed by atoms with Crippen LogP contribution < -0.4 is 0 Å². The highest BCUT2D eigenvalue weighted by molar-refractivity contribution is 5.87. The van der Waals surface area contributed by atoms with Crippen molar-refractivity contribution in [3.63, 3.8) is 0 Å². The third-order valence-corrected chi connectivity index (χ3v) is 2.74. The third-order valence-electron chi connectivity index (χ3n) is 2.74. The van der Waals surface area contributed by atoms with E-state index in [2.05, 4.69) is 0 Å². The van der Waals surface area contributed by atoms with E-state index in [0.29, 0.717) is 0 Å². The smallest absolute Gasteiger partial charge is 0.305 e. The molecule has 1 saturated carbocycles. The van der Waals surface area contributed by atoms with E-state index >= 15 is 0 Å². The Hall–Kier alpha value is -1.20. The monoisotopic (exact) mass is 221 g/mol. The highest BCUT2D eigenvalue weighted by Gasteiger charge is 2.73. The maximum absolute atomic E-state index is 12.8. The van der Waals surface area contributed by atoms with Crippen LogP contribution in [0.4, 0.5) is 8.78 Å². The van der Waals surface area contributed by atoms with Crippen molar-refractivity contribution in [1.29, 1.82) is 0 Å². The lowest BCUT2D eigenvalue weighted by atomic mass is 10.1. The van der Waals surface area contributed by atoms with Crippen molar-refractivity contribution >= 4 is 11.9 Å². The van der Waals surface area contributed by atoms with Gasteiger partial charge < -0.3 is 10.0 Å². The molecule has 1 N–H and O–H groups in total. The number of nitrogens with zero attached hydrogens (tertiary/aromatic N) is 1. The molecule has 1 amide bonds. The number of carboxylic acid groups (broad SMARTS) is 1. The maximum Gasteiger partial charge on any atom is 0.305 e. The molecule has 1 atom stereocenters. The van der Waals surface area contributed by atoms with Gasteiger partial charge in [0, 0.05) is 20.0 Å². The molecule has 1 rings (SSSR count). The van der Waals surface area contributed by atoms with Gasteiger partial charge in [0.1, 0.15) is 5.41 Å². The molecular formula is C9H13F2NO3. The quantitative estimate of drug-likeness (QED) is 0.769. The van der Waals surface area contributed by atoms with E-state index < -0.39 is 29.6 Å². The average molecular weight is 221 g/mol. The molecule has 1 fully saturated rings. The molecular weight excluding hydrogens is 208 g/mol. The van der Waals surface area contributed by atoms with Gasteiger partial charge in [-0.25, -0.2) is 8.78 Å². The molecule has 1 unspecified atom stereocenters. The summed E-state index contributed by atoms with van der Waals surface area (Å²) in [5, 5.41) is 8.38. The highest BCUT2D eigenvalue weighted by atomic mass is 19.3. The van der Waals surface area contributed by atoms with Crippen LogP contribution in [0.3, 0.4) is 0 Å². The number of aliphatic carboxylic acids is 1. The zero-order valence-electron chi connectivity index (χ0n) is 8.59. The van der Waals surface area contributed by atoms with Crippen LogP contribution in [0.25, 0.3) is 0 Å². The van der Waals surface area contributed by atoms with E-state index in [1.54, 1.807) is 0 Å². The molecule has 0 aliphatic heterocycles. The van der Waals surface area contributed by atoms with Crippen molar-refractivity contribution in [3.8, 4) is 0 Å². The molecule has 0 bridgehead atoms. The van der Waals surface area contributed by atoms with Crippen LogP contribution in [-0.2, 0) is 9.59 Å². The first-order valence-corrected chi connectivity index (χ1v) is 4.56. The van der Waals surface area contributed by atoms with Crippen LogP contribution in [-0.4, -0.2) is 41.4 Å². The number of alkyl halides is 2. The summed E-state index contributed by atoms with van der Waals surface area (Å²) in [6, 6.07) is 0. The van der Waals surface area contributed by atoms with E-state index in [0.717, 1.165) is 4.90 Å². The number of hydrogen-bond donors (Lipinski definition) is 1. The molecule has 1 aliphatic carbocycles. The molecule has 0 aromatic rings. The summed E-state index contributed by atoms with van der Waals surface area (Å²) in [6.07, 6.45) is -0.680. The second-order valence-electron chi connectivity index (χ2n) is 4.08. The topological polar surface area (TPSA) is 57.6 Å². The van der Waals surface area contributed by atoms with E-state index in [-0.39, 0.29) is 13.0 Å². The Morgan fingerprint density at radius 3 is 2.27 bits per heavy atom. The second-order valence-corrected chi connectivity index (χ2v) is 4.08. The average Bonchev–Trinajstić information content (AvgIpc) is 2.62. The first-order valence-electron chi connectivity index (χ1n) is 4.56. The number of halogens is 2. The minimum Gasteiger partial charge on any atom is -0.481 e. The molecule has 86 valence electrons. The van der Waals surface area contributed by atoms with Crippen molar-refractivity contribution in [1.82, 2.24) is 4.90 Å². The number of hydrogen-bond acceptors (Lipinski definition) is 2. The molecule has 0 radical (unpaired) electrons. The molecule has 0 heterocycles. The summed E-state index contributed by atoms with van der Waals surface area (Å²) < 4.78 is 25.7. The molecule has 0 aromatic heterocycles. The van der Waals surface area contributed by atoms with Crippen LogP contribution in [0.1, 0.15) is 19.8 Å². The summed E-state index contributed by atoms with van der Waals surface area (Å²) >= 11 is 0. The highest BCUT2D eigenvalue weighted by Crippen LogP contribution is 2.60. The number of carbonyl (C=O) groups excluding carboxylic acids is 1. The van der Waals surface area contributed by atoms with Crippen molar-refractivity contribution in [3.05, 3.63) is 0 Å².